The van der Waals surface area contributed by atoms with E-state index in [1.54, 1.807) is 103 Å². The Bertz CT molecular complexity index is 2260. The van der Waals surface area contributed by atoms with Gasteiger partial charge >= 0.3 is 11.9 Å². The topological polar surface area (TPSA) is 336 Å². The molecule has 0 saturated carbocycles. The number of carboxylic acid groups (broad SMARTS) is 1. The summed E-state index contributed by atoms with van der Waals surface area (Å²) in [6.45, 7) is 5.28. The first-order valence-electron chi connectivity index (χ1n) is 26.6. The fourth-order valence-electron chi connectivity index (χ4n) is 9.69. The van der Waals surface area contributed by atoms with Gasteiger partial charge in [0.05, 0.1) is 55.4 Å². The van der Waals surface area contributed by atoms with Crippen LogP contribution in [0.2, 0.25) is 0 Å². The molecule has 0 amide bonds. The molecule has 2 fully saturated rings. The van der Waals surface area contributed by atoms with Crippen molar-refractivity contribution in [3.8, 4) is 0 Å². The summed E-state index contributed by atoms with van der Waals surface area (Å²) in [6.07, 6.45) is 11.4. The second-order valence-corrected chi connectivity index (χ2v) is 20.8. The fourth-order valence-corrected chi connectivity index (χ4v) is 9.69. The largest absolute Gasteiger partial charge is 0.481 e. The van der Waals surface area contributed by atoms with Crippen molar-refractivity contribution in [2.45, 2.75) is 177 Å². The zero-order chi connectivity index (χ0) is 56.7. The second-order valence-electron chi connectivity index (χ2n) is 20.8. The lowest BCUT2D eigenvalue weighted by molar-refractivity contribution is -0.300. The third-order valence-electron chi connectivity index (χ3n) is 14.0. The summed E-state index contributed by atoms with van der Waals surface area (Å²) < 4.78 is 23.6. The highest BCUT2D eigenvalue weighted by Crippen LogP contribution is 2.38. The first-order valence-corrected chi connectivity index (χ1v) is 26.6. The maximum Gasteiger partial charge on any atom is 0.313 e. The lowest BCUT2D eigenvalue weighted by Gasteiger charge is -2.44. The van der Waals surface area contributed by atoms with Crippen LogP contribution in [0.4, 0.5) is 5.69 Å². The van der Waals surface area contributed by atoms with Gasteiger partial charge in [0.2, 0.25) is 0 Å². The van der Waals surface area contributed by atoms with Crippen molar-refractivity contribution in [3.63, 3.8) is 0 Å². The molecule has 3 heterocycles. The molecule has 14 unspecified atom stereocenters. The van der Waals surface area contributed by atoms with Crippen LogP contribution in [0.25, 0.3) is 0 Å². The van der Waals surface area contributed by atoms with Gasteiger partial charge in [0, 0.05) is 62.1 Å². The molecule has 1 aromatic rings. The number of Topliss-reactive ketones (excluding diaryl/α,β-unsaturated/α-hetero) is 3. The SMILES string of the molecule is CC1/C=C/C=C/C=C/C=C/C=C/C=C/C=C/C(O[C@@H]2OCC(O)[C@H](N)C2O)CC2OC(O)(CCCC(O)CCCC(=O)CC(O)CC(=O)CC(=O)OC1C(C)CC(C)C(O)CC(=O)c1ccc(N)cc1)CC(O)C2C(=O)O. The number of benzene rings is 1. The average Bonchev–Trinajstić information content (AvgIpc) is 3.35. The van der Waals surface area contributed by atoms with Crippen LogP contribution in [0, 0.1) is 23.7 Å². The van der Waals surface area contributed by atoms with Crippen molar-refractivity contribution >= 4 is 35.0 Å². The van der Waals surface area contributed by atoms with E-state index in [1.165, 1.54) is 0 Å². The van der Waals surface area contributed by atoms with Crippen LogP contribution in [0.15, 0.2) is 109 Å². The molecule has 19 heteroatoms. The van der Waals surface area contributed by atoms with Crippen LogP contribution in [-0.4, -0.2) is 150 Å². The van der Waals surface area contributed by atoms with E-state index in [9.17, 15) is 64.8 Å². The number of hydrogen-bond acceptors (Lipinski definition) is 18. The Kier molecular flexibility index (Phi) is 27.2. The molecule has 2 saturated heterocycles. The lowest BCUT2D eigenvalue weighted by atomic mass is 9.83. The third kappa shape index (κ3) is 22.5. The van der Waals surface area contributed by atoms with Crippen LogP contribution in [0.5, 0.6) is 0 Å². The van der Waals surface area contributed by atoms with E-state index >= 15 is 0 Å². The highest BCUT2D eigenvalue weighted by Gasteiger charge is 2.50. The number of aliphatic hydroxyl groups is 7. The van der Waals surface area contributed by atoms with Crippen LogP contribution in [-0.2, 0) is 38.1 Å². The molecular formula is C58H82N2O17. The van der Waals surface area contributed by atoms with Gasteiger partial charge in [0.15, 0.2) is 17.9 Å². The van der Waals surface area contributed by atoms with Gasteiger partial charge < -0.3 is 71.3 Å². The van der Waals surface area contributed by atoms with Gasteiger partial charge in [-0.3, -0.25) is 24.0 Å². The van der Waals surface area contributed by atoms with Crippen LogP contribution < -0.4 is 11.5 Å². The number of fused-ring (bicyclic) bond motifs is 2. The Morgan fingerprint density at radius 2 is 1.39 bits per heavy atom. The maximum atomic E-state index is 13.3. The number of ether oxygens (including phenoxy) is 4. The number of nitrogens with two attached hydrogens (primary N) is 2. The predicted octanol–water partition coefficient (Wildman–Crippen LogP) is 4.41. The van der Waals surface area contributed by atoms with E-state index in [0.717, 1.165) is 0 Å². The van der Waals surface area contributed by atoms with Crippen molar-refractivity contribution in [1.29, 1.82) is 0 Å². The van der Waals surface area contributed by atoms with E-state index < -0.39 is 116 Å². The van der Waals surface area contributed by atoms with Gasteiger partial charge in [-0.2, -0.15) is 0 Å². The minimum atomic E-state index is -2.00. The monoisotopic (exact) mass is 1080 g/mol. The molecule has 426 valence electrons. The maximum absolute atomic E-state index is 13.3. The smallest absolute Gasteiger partial charge is 0.313 e. The molecule has 19 nitrogen and oxygen atoms in total. The molecule has 2 bridgehead atoms. The Labute approximate surface area is 451 Å². The van der Waals surface area contributed by atoms with Crippen molar-refractivity contribution in [1.82, 2.24) is 0 Å². The number of rotatable bonds is 10. The van der Waals surface area contributed by atoms with Gasteiger partial charge in [-0.15, -0.1) is 0 Å². The summed E-state index contributed by atoms with van der Waals surface area (Å²) in [4.78, 5) is 64.5. The number of carboxylic acids is 1. The van der Waals surface area contributed by atoms with Crippen molar-refractivity contribution in [2.24, 2.45) is 29.4 Å². The number of allylic oxidation sites excluding steroid dienone is 12. The van der Waals surface area contributed by atoms with Crippen molar-refractivity contribution in [2.75, 3.05) is 12.3 Å². The molecule has 0 aromatic heterocycles. The molecule has 0 spiro atoms. The molecule has 0 aliphatic carbocycles. The Morgan fingerprint density at radius 3 is 2.01 bits per heavy atom. The van der Waals surface area contributed by atoms with E-state index in [0.29, 0.717) is 17.7 Å². The van der Waals surface area contributed by atoms with Gasteiger partial charge in [-0.1, -0.05) is 106 Å². The first-order chi connectivity index (χ1) is 36.5. The summed E-state index contributed by atoms with van der Waals surface area (Å²) in [5, 5.41) is 86.2. The van der Waals surface area contributed by atoms with Gasteiger partial charge in [0.1, 0.15) is 36.1 Å². The van der Waals surface area contributed by atoms with Gasteiger partial charge in [-0.05, 0) is 68.2 Å². The molecule has 4 rings (SSSR count). The summed E-state index contributed by atoms with van der Waals surface area (Å²) in [7, 11) is 0. The lowest BCUT2D eigenvalue weighted by Crippen LogP contribution is -2.59. The Morgan fingerprint density at radius 1 is 0.805 bits per heavy atom. The molecule has 1 aromatic carbocycles. The average molecular weight is 1080 g/mol. The number of cyclic esters (lactones) is 1. The molecule has 3 aliphatic rings. The molecule has 77 heavy (non-hydrogen) atoms. The minimum absolute atomic E-state index is 0.0162. The normalized spacial score (nSPS) is 35.6. The zero-order valence-electron chi connectivity index (χ0n) is 44.4. The fraction of sp³-hybridized carbons (Fsp3) is 0.569. The zero-order valence-corrected chi connectivity index (χ0v) is 44.4. The number of aliphatic hydroxyl groups excluding tert-OH is 6. The summed E-state index contributed by atoms with van der Waals surface area (Å²) in [5.74, 6) is -8.00. The first kappa shape index (κ1) is 64.2. The standard InChI is InChI=1S/C58H82N2O17/c1-36-18-14-12-10-8-6-4-5-7-9-11-13-15-22-45(75-57-54(70)53(60)49(68)35-74-57)32-50-52(56(71)72)48(67)34-58(73,77-50)27-17-21-41(61)19-16-20-42(62)29-43(63)30-44(64)31-51(69)76-55(36)38(3)28-37(2)46(65)33-47(66)39-23-25-40(59)26-24-39/h4-15,18,22-26,36-38,41,43,45-46,48-50,52-55,57,61,63,65,67-68,70,73H,16-17,19-21,27-35,59-60H2,1-3H3,(H,71,72)/b5-4+,8-6+,9-7+,12-10+,13-11+,18-14+,22-15+/t36?,37?,38?,41?,43?,45?,46?,48?,49?,50?,52?,53-,54?,55?,57-,58?/m0/s1. The van der Waals surface area contributed by atoms with Crippen LogP contribution >= 0.6 is 0 Å². The highest BCUT2D eigenvalue weighted by atomic mass is 16.7. The van der Waals surface area contributed by atoms with Crippen LogP contribution in [0.3, 0.4) is 0 Å². The van der Waals surface area contributed by atoms with Crippen molar-refractivity contribution < 1.29 is 83.8 Å². The number of nitrogen functional groups attached to an aromatic ring is 1. The van der Waals surface area contributed by atoms with E-state index in [1.807, 2.05) is 26.8 Å². The third-order valence-corrected chi connectivity index (χ3v) is 14.0. The summed E-state index contributed by atoms with van der Waals surface area (Å²) in [6, 6.07) is 5.34. The number of carbonyl (C=O) groups is 5. The molecule has 3 aliphatic heterocycles. The number of aliphatic carboxylic acids is 1. The Balaban J connectivity index is 1.51. The minimum Gasteiger partial charge on any atom is -0.481 e. The van der Waals surface area contributed by atoms with E-state index in [2.05, 4.69) is 0 Å². The summed E-state index contributed by atoms with van der Waals surface area (Å²) in [5.41, 5.74) is 12.7. The van der Waals surface area contributed by atoms with Gasteiger partial charge in [0.25, 0.3) is 0 Å². The van der Waals surface area contributed by atoms with E-state index in [-0.39, 0.29) is 93.7 Å². The molecule has 16 atom stereocenters. The van der Waals surface area contributed by atoms with Crippen molar-refractivity contribution in [3.05, 3.63) is 115 Å². The summed E-state index contributed by atoms with van der Waals surface area (Å²) >= 11 is 0. The molecular weight excluding hydrogens is 997 g/mol. The highest BCUT2D eigenvalue weighted by molar-refractivity contribution is 5.97. The number of esters is 1. The second kappa shape index (κ2) is 32.6. The number of ketones is 3. The molecule has 12 N–H and O–H groups in total. The number of anilines is 1. The number of hydrogen-bond donors (Lipinski definition) is 10. The molecule has 0 radical (unpaired) electrons. The Hall–Kier alpha value is -5.29. The predicted molar refractivity (Wildman–Crippen MR) is 286 cm³/mol. The van der Waals surface area contributed by atoms with E-state index in [4.69, 9.17) is 30.4 Å². The van der Waals surface area contributed by atoms with Gasteiger partial charge in [-0.25, -0.2) is 0 Å². The number of carbonyl (C=O) groups excluding carboxylic acids is 4. The quantitative estimate of drug-likeness (QED) is 0.0671. The van der Waals surface area contributed by atoms with Crippen LogP contribution in [0.1, 0.15) is 115 Å².